The summed E-state index contributed by atoms with van der Waals surface area (Å²) in [6.07, 6.45) is 0. The summed E-state index contributed by atoms with van der Waals surface area (Å²) < 4.78 is 0. The molecule has 9 aromatic rings. The lowest BCUT2D eigenvalue weighted by Crippen LogP contribution is -2.14. The van der Waals surface area contributed by atoms with Crippen molar-refractivity contribution in [2.75, 3.05) is 0 Å². The molecule has 0 unspecified atom stereocenters. The minimum Gasteiger partial charge on any atom is -0.228 e. The Morgan fingerprint density at radius 3 is 1.57 bits per heavy atom. The van der Waals surface area contributed by atoms with Crippen molar-refractivity contribution >= 4 is 32.3 Å². The number of rotatable bonds is 4. The minimum atomic E-state index is -0.0524. The second-order valence-electron chi connectivity index (χ2n) is 14.2. The molecule has 51 heavy (non-hydrogen) atoms. The summed E-state index contributed by atoms with van der Waals surface area (Å²) in [5, 5.41) is 7.54. The highest BCUT2D eigenvalue weighted by atomic mass is 14.9. The average Bonchev–Trinajstić information content (AvgIpc) is 3.43. The van der Waals surface area contributed by atoms with Gasteiger partial charge in [0.2, 0.25) is 0 Å². The van der Waals surface area contributed by atoms with Crippen LogP contribution in [0.5, 0.6) is 0 Å². The van der Waals surface area contributed by atoms with Gasteiger partial charge in [-0.25, -0.2) is 9.97 Å². The molecule has 0 saturated carbocycles. The number of nitrogens with zero attached hydrogens (tertiary/aromatic N) is 2. The van der Waals surface area contributed by atoms with Crippen molar-refractivity contribution in [3.8, 4) is 56.2 Å². The Morgan fingerprint density at radius 1 is 0.333 bits per heavy atom. The Labute approximate surface area is 297 Å². The third-order valence-electron chi connectivity index (χ3n) is 10.9. The summed E-state index contributed by atoms with van der Waals surface area (Å²) in [4.78, 5) is 10.4. The van der Waals surface area contributed by atoms with E-state index < -0.39 is 0 Å². The first-order valence-corrected chi connectivity index (χ1v) is 17.7. The minimum absolute atomic E-state index is 0.0524. The second-order valence-corrected chi connectivity index (χ2v) is 14.2. The van der Waals surface area contributed by atoms with Crippen LogP contribution in [-0.4, -0.2) is 9.97 Å². The summed E-state index contributed by atoms with van der Waals surface area (Å²) in [6, 6.07) is 61.2. The standard InChI is InChI=1S/C49H34N2/c1-49(2)44-22-11-10-21-41(44)42-26-23-33(29-45(42)49)32-15-12-16-34(27-32)46-30-47(51-48(50-46)31-13-4-3-5-14-31)35-24-25-40-38-19-7-6-17-36(38)37-18-8-9-20-39(37)43(40)28-35/h3-30H,1-2H3. The predicted molar refractivity (Wildman–Crippen MR) is 214 cm³/mol. The Hall–Kier alpha value is -6.38. The molecular weight excluding hydrogens is 617 g/mol. The van der Waals surface area contributed by atoms with Gasteiger partial charge >= 0.3 is 0 Å². The zero-order chi connectivity index (χ0) is 34.1. The number of benzene rings is 8. The molecule has 2 nitrogen and oxygen atoms in total. The van der Waals surface area contributed by atoms with E-state index >= 15 is 0 Å². The van der Waals surface area contributed by atoms with Gasteiger partial charge in [0.25, 0.3) is 0 Å². The van der Waals surface area contributed by atoms with Crippen molar-refractivity contribution in [3.63, 3.8) is 0 Å². The van der Waals surface area contributed by atoms with Crippen LogP contribution < -0.4 is 0 Å². The van der Waals surface area contributed by atoms with E-state index in [0.717, 1.165) is 28.1 Å². The number of aromatic nitrogens is 2. The molecular formula is C49H34N2. The fourth-order valence-electron chi connectivity index (χ4n) is 8.27. The largest absolute Gasteiger partial charge is 0.228 e. The maximum absolute atomic E-state index is 5.19. The molecule has 8 aromatic carbocycles. The maximum Gasteiger partial charge on any atom is 0.160 e. The molecule has 0 radical (unpaired) electrons. The van der Waals surface area contributed by atoms with Gasteiger partial charge in [-0.15, -0.1) is 0 Å². The predicted octanol–water partition coefficient (Wildman–Crippen LogP) is 12.9. The highest BCUT2D eigenvalue weighted by molar-refractivity contribution is 6.25. The first-order chi connectivity index (χ1) is 25.0. The third kappa shape index (κ3) is 4.71. The molecule has 1 heterocycles. The highest BCUT2D eigenvalue weighted by Gasteiger charge is 2.35. The van der Waals surface area contributed by atoms with Gasteiger partial charge < -0.3 is 0 Å². The van der Waals surface area contributed by atoms with Crippen molar-refractivity contribution in [1.29, 1.82) is 0 Å². The molecule has 0 saturated heterocycles. The molecule has 1 aliphatic rings. The fraction of sp³-hybridized carbons (Fsp3) is 0.0612. The lowest BCUT2D eigenvalue weighted by atomic mass is 9.81. The molecule has 1 aromatic heterocycles. The Morgan fingerprint density at radius 2 is 0.843 bits per heavy atom. The monoisotopic (exact) mass is 650 g/mol. The van der Waals surface area contributed by atoms with Crippen LogP contribution in [0.25, 0.3) is 88.5 Å². The van der Waals surface area contributed by atoms with Gasteiger partial charge in [0.15, 0.2) is 5.82 Å². The molecule has 2 heteroatoms. The SMILES string of the molecule is CC1(C)c2ccccc2-c2ccc(-c3cccc(-c4cc(-c5ccc6c7ccccc7c7ccccc7c6c5)nc(-c5ccccc5)n4)c3)cc21. The van der Waals surface area contributed by atoms with E-state index in [4.69, 9.17) is 9.97 Å². The molecule has 0 bridgehead atoms. The molecule has 0 spiro atoms. The highest BCUT2D eigenvalue weighted by Crippen LogP contribution is 2.49. The normalized spacial score (nSPS) is 13.1. The summed E-state index contributed by atoms with van der Waals surface area (Å²) in [7, 11) is 0. The van der Waals surface area contributed by atoms with Crippen LogP contribution in [-0.2, 0) is 5.41 Å². The van der Waals surface area contributed by atoms with E-state index in [9.17, 15) is 0 Å². The molecule has 10 rings (SSSR count). The van der Waals surface area contributed by atoms with Gasteiger partial charge in [0.05, 0.1) is 11.4 Å². The number of hydrogen-bond donors (Lipinski definition) is 0. The average molecular weight is 651 g/mol. The van der Waals surface area contributed by atoms with E-state index in [1.54, 1.807) is 0 Å². The van der Waals surface area contributed by atoms with E-state index in [0.29, 0.717) is 5.82 Å². The van der Waals surface area contributed by atoms with Crippen LogP contribution in [0, 0.1) is 0 Å². The van der Waals surface area contributed by atoms with Gasteiger partial charge in [0.1, 0.15) is 0 Å². The van der Waals surface area contributed by atoms with Gasteiger partial charge in [0, 0.05) is 22.1 Å². The van der Waals surface area contributed by atoms with Crippen LogP contribution in [0.1, 0.15) is 25.0 Å². The smallest absolute Gasteiger partial charge is 0.160 e. The van der Waals surface area contributed by atoms with Crippen molar-refractivity contribution in [1.82, 2.24) is 9.97 Å². The van der Waals surface area contributed by atoms with Crippen LogP contribution in [0.15, 0.2) is 170 Å². The number of hydrogen-bond acceptors (Lipinski definition) is 2. The molecule has 0 amide bonds. The van der Waals surface area contributed by atoms with Crippen molar-refractivity contribution in [2.45, 2.75) is 19.3 Å². The Balaban J connectivity index is 1.13. The van der Waals surface area contributed by atoms with E-state index in [-0.39, 0.29) is 5.41 Å². The van der Waals surface area contributed by atoms with Crippen molar-refractivity contribution in [2.24, 2.45) is 0 Å². The van der Waals surface area contributed by atoms with Crippen molar-refractivity contribution in [3.05, 3.63) is 181 Å². The topological polar surface area (TPSA) is 25.8 Å². The molecule has 0 atom stereocenters. The van der Waals surface area contributed by atoms with Crippen LogP contribution in [0.4, 0.5) is 0 Å². The first-order valence-electron chi connectivity index (χ1n) is 17.7. The zero-order valence-corrected chi connectivity index (χ0v) is 28.6. The Bertz CT molecular complexity index is 2790. The molecule has 240 valence electrons. The molecule has 0 fully saturated rings. The lowest BCUT2D eigenvalue weighted by molar-refractivity contribution is 0.660. The zero-order valence-electron chi connectivity index (χ0n) is 28.6. The van der Waals surface area contributed by atoms with Gasteiger partial charge in [-0.1, -0.05) is 159 Å². The van der Waals surface area contributed by atoms with E-state index in [1.165, 1.54) is 65.7 Å². The van der Waals surface area contributed by atoms with Gasteiger partial charge in [-0.2, -0.15) is 0 Å². The van der Waals surface area contributed by atoms with Crippen LogP contribution >= 0.6 is 0 Å². The quantitative estimate of drug-likeness (QED) is 0.177. The summed E-state index contributed by atoms with van der Waals surface area (Å²) >= 11 is 0. The lowest BCUT2D eigenvalue weighted by Gasteiger charge is -2.22. The van der Waals surface area contributed by atoms with E-state index in [1.807, 2.05) is 18.2 Å². The molecule has 0 N–H and O–H groups in total. The maximum atomic E-state index is 5.19. The third-order valence-corrected chi connectivity index (χ3v) is 10.9. The van der Waals surface area contributed by atoms with Crippen LogP contribution in [0.3, 0.4) is 0 Å². The Kier molecular flexibility index (Phi) is 6.56. The molecule has 0 aliphatic heterocycles. The summed E-state index contributed by atoms with van der Waals surface area (Å²) in [6.45, 7) is 4.67. The second kappa shape index (κ2) is 11.3. The number of fused-ring (bicyclic) bond motifs is 9. The fourth-order valence-corrected chi connectivity index (χ4v) is 8.27. The van der Waals surface area contributed by atoms with Crippen LogP contribution in [0.2, 0.25) is 0 Å². The molecule has 1 aliphatic carbocycles. The van der Waals surface area contributed by atoms with Gasteiger partial charge in [-0.05, 0) is 90.0 Å². The summed E-state index contributed by atoms with van der Waals surface area (Å²) in [5.41, 5.74) is 12.7. The van der Waals surface area contributed by atoms with Crippen molar-refractivity contribution < 1.29 is 0 Å². The van der Waals surface area contributed by atoms with Gasteiger partial charge in [-0.3, -0.25) is 0 Å². The summed E-state index contributed by atoms with van der Waals surface area (Å²) in [5.74, 6) is 0.717. The van der Waals surface area contributed by atoms with E-state index in [2.05, 4.69) is 166 Å². The first kappa shape index (κ1) is 29.5.